The van der Waals surface area contributed by atoms with E-state index >= 15 is 0 Å². The normalized spacial score (nSPS) is 14.8. The molecule has 1 atom stereocenters. The number of H-pyrrole nitrogens is 1. The highest BCUT2D eigenvalue weighted by molar-refractivity contribution is 6.09. The number of hydrogen-bond donors (Lipinski definition) is 2. The van der Waals surface area contributed by atoms with E-state index in [1.807, 2.05) is 0 Å². The van der Waals surface area contributed by atoms with Gasteiger partial charge in [0.15, 0.2) is 5.78 Å². The summed E-state index contributed by atoms with van der Waals surface area (Å²) in [5, 5.41) is 9.10. The van der Waals surface area contributed by atoms with Crippen molar-refractivity contribution < 1.29 is 19.5 Å². The molecular formula is C19H20N2O4. The Hall–Kier alpha value is -2.89. The smallest absolute Gasteiger partial charge is 0.308 e. The van der Waals surface area contributed by atoms with Crippen LogP contribution in [0.15, 0.2) is 42.7 Å². The van der Waals surface area contributed by atoms with Crippen LogP contribution in [0.2, 0.25) is 0 Å². The lowest BCUT2D eigenvalue weighted by Crippen LogP contribution is -2.38. The van der Waals surface area contributed by atoms with Crippen LogP contribution >= 0.6 is 0 Å². The van der Waals surface area contributed by atoms with Crippen molar-refractivity contribution >= 4 is 17.7 Å². The third kappa shape index (κ3) is 3.79. The van der Waals surface area contributed by atoms with Gasteiger partial charge in [-0.05, 0) is 31.0 Å². The third-order valence-corrected chi connectivity index (χ3v) is 4.39. The van der Waals surface area contributed by atoms with Gasteiger partial charge in [0.1, 0.15) is 0 Å². The Morgan fingerprint density at radius 2 is 1.76 bits per heavy atom. The van der Waals surface area contributed by atoms with Crippen LogP contribution in [0.25, 0.3) is 0 Å². The first-order valence-corrected chi connectivity index (χ1v) is 8.28. The molecular weight excluding hydrogens is 320 g/mol. The SMILES string of the molecule is CC(CN(C(=O)c1ccc(C(=O)c2cc[nH]c2)cc1)C1CC1)C(=O)O. The van der Waals surface area contributed by atoms with E-state index in [1.165, 1.54) is 0 Å². The number of hydrogen-bond acceptors (Lipinski definition) is 3. The molecule has 1 unspecified atom stereocenters. The minimum atomic E-state index is -0.911. The molecule has 1 aromatic carbocycles. The van der Waals surface area contributed by atoms with Crippen molar-refractivity contribution in [1.82, 2.24) is 9.88 Å². The van der Waals surface area contributed by atoms with Crippen molar-refractivity contribution in [2.75, 3.05) is 6.54 Å². The maximum Gasteiger partial charge on any atom is 0.308 e. The Morgan fingerprint density at radius 1 is 1.12 bits per heavy atom. The highest BCUT2D eigenvalue weighted by Gasteiger charge is 2.34. The van der Waals surface area contributed by atoms with Crippen LogP contribution < -0.4 is 0 Å². The fourth-order valence-corrected chi connectivity index (χ4v) is 2.72. The summed E-state index contributed by atoms with van der Waals surface area (Å²) < 4.78 is 0. The van der Waals surface area contributed by atoms with Gasteiger partial charge in [-0.25, -0.2) is 0 Å². The van der Waals surface area contributed by atoms with Crippen molar-refractivity contribution in [3.05, 3.63) is 59.4 Å². The first kappa shape index (κ1) is 17.0. The summed E-state index contributed by atoms with van der Waals surface area (Å²) in [4.78, 5) is 40.6. The Labute approximate surface area is 145 Å². The van der Waals surface area contributed by atoms with Gasteiger partial charge in [-0.3, -0.25) is 14.4 Å². The molecule has 2 aromatic rings. The number of benzene rings is 1. The first-order valence-electron chi connectivity index (χ1n) is 8.28. The number of carboxylic acids is 1. The molecule has 6 heteroatoms. The Kier molecular flexibility index (Phi) is 4.70. The lowest BCUT2D eigenvalue weighted by atomic mass is 10.0. The standard InChI is InChI=1S/C19H20N2O4/c1-12(19(24)25)11-21(16-6-7-16)18(23)14-4-2-13(3-5-14)17(22)15-8-9-20-10-15/h2-5,8-10,12,16,20H,6-7,11H2,1H3,(H,24,25). The maximum atomic E-state index is 12.7. The second kappa shape index (κ2) is 6.93. The van der Waals surface area contributed by atoms with Crippen LogP contribution in [0.1, 0.15) is 46.0 Å². The number of aliphatic carboxylic acids is 1. The molecule has 2 N–H and O–H groups in total. The van der Waals surface area contributed by atoms with E-state index in [0.29, 0.717) is 16.7 Å². The molecule has 1 saturated carbocycles. The molecule has 1 aliphatic rings. The second-order valence-electron chi connectivity index (χ2n) is 6.43. The molecule has 1 heterocycles. The second-order valence-corrected chi connectivity index (χ2v) is 6.43. The van der Waals surface area contributed by atoms with Gasteiger partial charge >= 0.3 is 5.97 Å². The van der Waals surface area contributed by atoms with E-state index in [9.17, 15) is 14.4 Å². The highest BCUT2D eigenvalue weighted by atomic mass is 16.4. The largest absolute Gasteiger partial charge is 0.481 e. The van der Waals surface area contributed by atoms with E-state index in [2.05, 4.69) is 4.98 Å². The minimum absolute atomic E-state index is 0.112. The van der Waals surface area contributed by atoms with Crippen LogP contribution in [-0.2, 0) is 4.79 Å². The predicted octanol–water partition coefficient (Wildman–Crippen LogP) is 2.57. The fraction of sp³-hybridized carbons (Fsp3) is 0.316. The topological polar surface area (TPSA) is 90.5 Å². The summed E-state index contributed by atoms with van der Waals surface area (Å²) in [6.45, 7) is 1.80. The van der Waals surface area contributed by atoms with Gasteiger partial charge in [0.05, 0.1) is 5.92 Å². The van der Waals surface area contributed by atoms with E-state index in [1.54, 1.807) is 54.5 Å². The summed E-state index contributed by atoms with van der Waals surface area (Å²) in [6, 6.07) is 8.34. The van der Waals surface area contributed by atoms with Crippen LogP contribution in [-0.4, -0.2) is 45.2 Å². The van der Waals surface area contributed by atoms with Gasteiger partial charge in [0.2, 0.25) is 0 Å². The molecule has 0 saturated heterocycles. The molecule has 0 spiro atoms. The highest BCUT2D eigenvalue weighted by Crippen LogP contribution is 2.29. The third-order valence-electron chi connectivity index (χ3n) is 4.39. The Balaban J connectivity index is 1.75. The van der Waals surface area contributed by atoms with Crippen LogP contribution in [0.4, 0.5) is 0 Å². The zero-order valence-corrected chi connectivity index (χ0v) is 13.9. The number of amides is 1. The summed E-state index contributed by atoms with van der Waals surface area (Å²) in [7, 11) is 0. The van der Waals surface area contributed by atoms with E-state index in [-0.39, 0.29) is 24.3 Å². The molecule has 0 aliphatic heterocycles. The molecule has 0 radical (unpaired) electrons. The molecule has 0 bridgehead atoms. The van der Waals surface area contributed by atoms with E-state index in [0.717, 1.165) is 12.8 Å². The zero-order chi connectivity index (χ0) is 18.0. The lowest BCUT2D eigenvalue weighted by Gasteiger charge is -2.24. The van der Waals surface area contributed by atoms with Crippen molar-refractivity contribution in [3.63, 3.8) is 0 Å². The predicted molar refractivity (Wildman–Crippen MR) is 91.5 cm³/mol. The van der Waals surface area contributed by atoms with Crippen LogP contribution in [0.5, 0.6) is 0 Å². The van der Waals surface area contributed by atoms with E-state index in [4.69, 9.17) is 5.11 Å². The van der Waals surface area contributed by atoms with Crippen molar-refractivity contribution in [3.8, 4) is 0 Å². The van der Waals surface area contributed by atoms with Gasteiger partial charge in [-0.2, -0.15) is 0 Å². The Morgan fingerprint density at radius 3 is 2.28 bits per heavy atom. The summed E-state index contributed by atoms with van der Waals surface area (Å²) in [6.07, 6.45) is 5.12. The maximum absolute atomic E-state index is 12.7. The number of aromatic nitrogens is 1. The van der Waals surface area contributed by atoms with Gasteiger partial charge in [0.25, 0.3) is 5.91 Å². The van der Waals surface area contributed by atoms with Crippen molar-refractivity contribution in [2.45, 2.75) is 25.8 Å². The molecule has 1 aromatic heterocycles. The molecule has 6 nitrogen and oxygen atoms in total. The first-order chi connectivity index (χ1) is 12.0. The molecule has 1 aliphatic carbocycles. The summed E-state index contributed by atoms with van der Waals surface area (Å²) in [5.41, 5.74) is 1.54. The number of ketones is 1. The molecule has 1 amide bonds. The summed E-state index contributed by atoms with van der Waals surface area (Å²) >= 11 is 0. The van der Waals surface area contributed by atoms with Gasteiger partial charge in [0, 0.05) is 41.7 Å². The monoisotopic (exact) mass is 340 g/mol. The van der Waals surface area contributed by atoms with Crippen molar-refractivity contribution in [1.29, 1.82) is 0 Å². The number of carbonyl (C=O) groups excluding carboxylic acids is 2. The number of nitrogens with zero attached hydrogens (tertiary/aromatic N) is 1. The van der Waals surface area contributed by atoms with Crippen LogP contribution in [0, 0.1) is 5.92 Å². The fourth-order valence-electron chi connectivity index (χ4n) is 2.72. The Bertz CT molecular complexity index is 776. The number of carbonyl (C=O) groups is 3. The average Bonchev–Trinajstić information content (AvgIpc) is 3.31. The number of nitrogens with one attached hydrogen (secondary N) is 1. The van der Waals surface area contributed by atoms with Gasteiger partial charge in [-0.1, -0.05) is 19.1 Å². The molecule has 1 fully saturated rings. The number of carboxylic acid groups (broad SMARTS) is 1. The lowest BCUT2D eigenvalue weighted by molar-refractivity contribution is -0.141. The zero-order valence-electron chi connectivity index (χ0n) is 13.9. The van der Waals surface area contributed by atoms with E-state index < -0.39 is 11.9 Å². The van der Waals surface area contributed by atoms with Crippen LogP contribution in [0.3, 0.4) is 0 Å². The molecule has 25 heavy (non-hydrogen) atoms. The minimum Gasteiger partial charge on any atom is -0.481 e. The molecule has 3 rings (SSSR count). The average molecular weight is 340 g/mol. The summed E-state index contributed by atoms with van der Waals surface area (Å²) in [5.74, 6) is -1.82. The van der Waals surface area contributed by atoms with Gasteiger partial charge in [-0.15, -0.1) is 0 Å². The molecule has 130 valence electrons. The van der Waals surface area contributed by atoms with Gasteiger partial charge < -0.3 is 15.0 Å². The quantitative estimate of drug-likeness (QED) is 0.758. The number of rotatable bonds is 7. The van der Waals surface area contributed by atoms with Crippen molar-refractivity contribution in [2.24, 2.45) is 5.92 Å². The number of aromatic amines is 1.